The smallest absolute Gasteiger partial charge is 0.144 e. The predicted octanol–water partition coefficient (Wildman–Crippen LogP) is 5.26. The van der Waals surface area contributed by atoms with E-state index < -0.39 is 0 Å². The van der Waals surface area contributed by atoms with E-state index in [-0.39, 0.29) is 0 Å². The van der Waals surface area contributed by atoms with Crippen LogP contribution in [0.15, 0.2) is 50.7 Å². The van der Waals surface area contributed by atoms with Gasteiger partial charge in [0.25, 0.3) is 0 Å². The number of hydrogen-bond donors (Lipinski definition) is 0. The molecule has 0 atom stereocenters. The number of nitrogens with zero attached hydrogens (tertiary/aromatic N) is 2. The molecule has 0 bridgehead atoms. The van der Waals surface area contributed by atoms with Crippen LogP contribution in [0.4, 0.5) is 0 Å². The average molecular weight is 370 g/mol. The van der Waals surface area contributed by atoms with E-state index >= 15 is 0 Å². The van der Waals surface area contributed by atoms with Crippen LogP contribution in [0.25, 0.3) is 23.0 Å². The van der Waals surface area contributed by atoms with Crippen molar-refractivity contribution >= 4 is 23.0 Å². The molecule has 4 heteroatoms. The van der Waals surface area contributed by atoms with Gasteiger partial charge in [-0.05, 0) is 35.8 Å². The van der Waals surface area contributed by atoms with E-state index in [9.17, 15) is 5.26 Å². The Hall–Kier alpha value is -3.58. The lowest BCUT2D eigenvalue weighted by molar-refractivity contribution is 0.271. The molecule has 1 aliphatic rings. The lowest BCUT2D eigenvalue weighted by atomic mass is 9.88. The van der Waals surface area contributed by atoms with Gasteiger partial charge in [-0.3, -0.25) is 4.98 Å². The van der Waals surface area contributed by atoms with Gasteiger partial charge >= 0.3 is 0 Å². The number of rotatable bonds is 6. The molecule has 0 saturated heterocycles. The lowest BCUT2D eigenvalue weighted by Gasteiger charge is -2.23. The molecule has 0 amide bonds. The number of fused-ring (bicyclic) bond motifs is 1. The molecule has 3 rings (SSSR count). The molecule has 28 heavy (non-hydrogen) atoms. The van der Waals surface area contributed by atoms with Crippen molar-refractivity contribution in [3.8, 4) is 11.8 Å². The first kappa shape index (κ1) is 19.2. The van der Waals surface area contributed by atoms with Crippen molar-refractivity contribution in [1.82, 2.24) is 4.98 Å². The molecule has 1 aliphatic heterocycles. The van der Waals surface area contributed by atoms with Gasteiger partial charge in [0.2, 0.25) is 0 Å². The van der Waals surface area contributed by atoms with E-state index in [0.717, 1.165) is 23.1 Å². The summed E-state index contributed by atoms with van der Waals surface area (Å²) < 4.78 is 11.3. The highest BCUT2D eigenvalue weighted by Crippen LogP contribution is 2.39. The van der Waals surface area contributed by atoms with Crippen molar-refractivity contribution in [3.63, 3.8) is 0 Å². The van der Waals surface area contributed by atoms with Gasteiger partial charge in [0.1, 0.15) is 17.6 Å². The maximum Gasteiger partial charge on any atom is 0.144 e. The SMILES string of the molecule is C=Cc1c(C(=C)C(=C)c2nccc3c2C(=C)OCC3)ccc(C#N)c1OCC. The zero-order chi connectivity index (χ0) is 20.3. The molecule has 0 N–H and O–H groups in total. The summed E-state index contributed by atoms with van der Waals surface area (Å²) in [6.45, 7) is 19.3. The Morgan fingerprint density at radius 2 is 2.11 bits per heavy atom. The Kier molecular flexibility index (Phi) is 5.47. The van der Waals surface area contributed by atoms with Crippen molar-refractivity contribution in [2.24, 2.45) is 0 Å². The van der Waals surface area contributed by atoms with Crippen LogP contribution in [0.3, 0.4) is 0 Å². The number of allylic oxidation sites excluding steroid dienone is 2. The summed E-state index contributed by atoms with van der Waals surface area (Å²) in [6, 6.07) is 7.71. The van der Waals surface area contributed by atoms with Gasteiger partial charge in [-0.15, -0.1) is 0 Å². The second-order valence-corrected chi connectivity index (χ2v) is 6.32. The summed E-state index contributed by atoms with van der Waals surface area (Å²) in [4.78, 5) is 4.53. The van der Waals surface area contributed by atoms with E-state index in [1.165, 1.54) is 0 Å². The Labute approximate surface area is 165 Å². The number of benzene rings is 1. The third-order valence-corrected chi connectivity index (χ3v) is 4.75. The van der Waals surface area contributed by atoms with Gasteiger partial charge in [-0.1, -0.05) is 38.5 Å². The minimum Gasteiger partial charge on any atom is -0.493 e. The molecule has 0 radical (unpaired) electrons. The molecule has 0 unspecified atom stereocenters. The van der Waals surface area contributed by atoms with E-state index in [1.54, 1.807) is 18.3 Å². The minimum atomic E-state index is 0.442. The first-order valence-corrected chi connectivity index (χ1v) is 9.04. The normalized spacial score (nSPS) is 12.4. The van der Waals surface area contributed by atoms with Gasteiger partial charge in [-0.2, -0.15) is 5.26 Å². The summed E-state index contributed by atoms with van der Waals surface area (Å²) in [5, 5.41) is 9.41. The fraction of sp³-hybridized carbons (Fsp3) is 0.167. The van der Waals surface area contributed by atoms with Crippen LogP contribution in [0.5, 0.6) is 5.75 Å². The quantitative estimate of drug-likeness (QED) is 0.651. The second kappa shape index (κ2) is 7.98. The number of nitriles is 1. The maximum absolute atomic E-state index is 9.41. The Morgan fingerprint density at radius 1 is 1.32 bits per heavy atom. The molecule has 4 nitrogen and oxygen atoms in total. The monoisotopic (exact) mass is 370 g/mol. The summed E-state index contributed by atoms with van der Waals surface area (Å²) in [5.74, 6) is 1.10. The molecule has 140 valence electrons. The molecule has 0 fully saturated rings. The Morgan fingerprint density at radius 3 is 2.79 bits per heavy atom. The summed E-state index contributed by atoms with van der Waals surface area (Å²) in [7, 11) is 0. The molecular formula is C24H22N2O2. The summed E-state index contributed by atoms with van der Waals surface area (Å²) >= 11 is 0. The molecule has 2 heterocycles. The van der Waals surface area contributed by atoms with Gasteiger partial charge in [-0.25, -0.2) is 0 Å². The van der Waals surface area contributed by atoms with Crippen LogP contribution >= 0.6 is 0 Å². The van der Waals surface area contributed by atoms with E-state index in [0.29, 0.717) is 52.7 Å². The van der Waals surface area contributed by atoms with Crippen LogP contribution in [0, 0.1) is 11.3 Å². The molecule has 1 aromatic heterocycles. The predicted molar refractivity (Wildman–Crippen MR) is 113 cm³/mol. The number of pyridine rings is 1. The Balaban J connectivity index is 2.10. The molecule has 0 saturated carbocycles. The van der Waals surface area contributed by atoms with Gasteiger partial charge < -0.3 is 9.47 Å². The summed E-state index contributed by atoms with van der Waals surface area (Å²) in [6.07, 6.45) is 4.24. The average Bonchev–Trinajstić information content (AvgIpc) is 2.72. The highest BCUT2D eigenvalue weighted by atomic mass is 16.5. The van der Waals surface area contributed by atoms with Gasteiger partial charge in [0.05, 0.1) is 24.5 Å². The van der Waals surface area contributed by atoms with Crippen LogP contribution in [0.1, 0.15) is 40.4 Å². The fourth-order valence-corrected chi connectivity index (χ4v) is 3.37. The van der Waals surface area contributed by atoms with Gasteiger partial charge in [0, 0.05) is 29.3 Å². The van der Waals surface area contributed by atoms with E-state index in [2.05, 4.69) is 37.4 Å². The molecule has 2 aromatic rings. The van der Waals surface area contributed by atoms with Crippen molar-refractivity contribution in [3.05, 3.63) is 84.2 Å². The van der Waals surface area contributed by atoms with Crippen molar-refractivity contribution < 1.29 is 9.47 Å². The van der Waals surface area contributed by atoms with E-state index in [1.807, 2.05) is 19.1 Å². The van der Waals surface area contributed by atoms with Crippen LogP contribution in [-0.2, 0) is 11.2 Å². The minimum absolute atomic E-state index is 0.442. The van der Waals surface area contributed by atoms with Crippen molar-refractivity contribution in [2.75, 3.05) is 13.2 Å². The molecule has 0 aliphatic carbocycles. The van der Waals surface area contributed by atoms with Crippen molar-refractivity contribution in [1.29, 1.82) is 5.26 Å². The topological polar surface area (TPSA) is 55.1 Å². The van der Waals surface area contributed by atoms with Crippen molar-refractivity contribution in [2.45, 2.75) is 13.3 Å². The Bertz CT molecular complexity index is 1040. The first-order valence-electron chi connectivity index (χ1n) is 9.04. The van der Waals surface area contributed by atoms with E-state index in [4.69, 9.17) is 9.47 Å². The number of hydrogen-bond acceptors (Lipinski definition) is 4. The van der Waals surface area contributed by atoms with Crippen LogP contribution in [0.2, 0.25) is 0 Å². The molecular weight excluding hydrogens is 348 g/mol. The zero-order valence-electron chi connectivity index (χ0n) is 16.0. The third kappa shape index (κ3) is 3.23. The standard InChI is InChI=1S/C24H22N2O2/c1-6-20-21(9-8-19(14-25)24(20)27-7-2)15(3)16(4)23-22-17(5)28-13-11-18(22)10-12-26-23/h6,8-10,12H,1,3-5,7,11,13H2,2H3. The molecule has 1 aromatic carbocycles. The third-order valence-electron chi connectivity index (χ3n) is 4.75. The fourth-order valence-electron chi connectivity index (χ4n) is 3.37. The van der Waals surface area contributed by atoms with Crippen LogP contribution < -0.4 is 4.74 Å². The highest BCUT2D eigenvalue weighted by Gasteiger charge is 2.23. The van der Waals surface area contributed by atoms with Crippen LogP contribution in [-0.4, -0.2) is 18.2 Å². The number of aromatic nitrogens is 1. The second-order valence-electron chi connectivity index (χ2n) is 6.32. The summed E-state index contributed by atoms with van der Waals surface area (Å²) in [5.41, 5.74) is 6.02. The lowest BCUT2D eigenvalue weighted by Crippen LogP contribution is -2.12. The van der Waals surface area contributed by atoms with Gasteiger partial charge in [0.15, 0.2) is 0 Å². The zero-order valence-corrected chi connectivity index (χ0v) is 16.0. The maximum atomic E-state index is 9.41. The largest absolute Gasteiger partial charge is 0.493 e. The first-order chi connectivity index (χ1) is 13.5. The number of ether oxygens (including phenoxy) is 2. The molecule has 0 spiro atoms. The highest BCUT2D eigenvalue weighted by molar-refractivity contribution is 6.06.